The zero-order valence-electron chi connectivity index (χ0n) is 9.79. The lowest BCUT2D eigenvalue weighted by Gasteiger charge is -2.15. The molecule has 0 bridgehead atoms. The summed E-state index contributed by atoms with van der Waals surface area (Å²) in [6.45, 7) is 3.37. The summed E-state index contributed by atoms with van der Waals surface area (Å²) in [6.07, 6.45) is 0. The second-order valence-corrected chi connectivity index (χ2v) is 5.29. The van der Waals surface area contributed by atoms with E-state index in [1.165, 1.54) is 14.2 Å². The SMILES string of the molecule is CNS(=O)(=O)c1c(C)cc(OC)c(N)c1C. The number of benzene rings is 1. The summed E-state index contributed by atoms with van der Waals surface area (Å²) in [5.74, 6) is 0.491. The van der Waals surface area contributed by atoms with Crippen LogP contribution >= 0.6 is 0 Å². The van der Waals surface area contributed by atoms with E-state index in [0.29, 0.717) is 22.6 Å². The number of ether oxygens (including phenoxy) is 1. The van der Waals surface area contributed by atoms with Gasteiger partial charge in [-0.25, -0.2) is 13.1 Å². The van der Waals surface area contributed by atoms with Gasteiger partial charge < -0.3 is 10.5 Å². The van der Waals surface area contributed by atoms with Crippen LogP contribution in [-0.2, 0) is 10.0 Å². The first-order chi connectivity index (χ1) is 7.35. The summed E-state index contributed by atoms with van der Waals surface area (Å²) < 4.78 is 30.9. The zero-order chi connectivity index (χ0) is 12.5. The number of anilines is 1. The monoisotopic (exact) mass is 244 g/mol. The first-order valence-electron chi connectivity index (χ1n) is 4.72. The minimum Gasteiger partial charge on any atom is -0.495 e. The largest absolute Gasteiger partial charge is 0.495 e. The molecule has 5 nitrogen and oxygen atoms in total. The number of hydrogen-bond donors (Lipinski definition) is 2. The molecule has 0 fully saturated rings. The number of nitrogen functional groups attached to an aromatic ring is 1. The molecule has 0 atom stereocenters. The van der Waals surface area contributed by atoms with Crippen molar-refractivity contribution >= 4 is 15.7 Å². The van der Waals surface area contributed by atoms with Crippen molar-refractivity contribution in [3.05, 3.63) is 17.2 Å². The molecule has 1 rings (SSSR count). The lowest BCUT2D eigenvalue weighted by atomic mass is 10.1. The molecule has 16 heavy (non-hydrogen) atoms. The molecule has 0 saturated carbocycles. The summed E-state index contributed by atoms with van der Waals surface area (Å²) >= 11 is 0. The van der Waals surface area contributed by atoms with E-state index in [0.717, 1.165) is 0 Å². The third-order valence-electron chi connectivity index (χ3n) is 2.47. The number of methoxy groups -OCH3 is 1. The van der Waals surface area contributed by atoms with Crippen LogP contribution in [-0.4, -0.2) is 22.6 Å². The predicted molar refractivity (Wildman–Crippen MR) is 63.1 cm³/mol. The highest BCUT2D eigenvalue weighted by Crippen LogP contribution is 2.32. The molecule has 0 amide bonds. The molecule has 0 aliphatic heterocycles. The molecule has 0 unspecified atom stereocenters. The van der Waals surface area contributed by atoms with Crippen LogP contribution in [0.4, 0.5) is 5.69 Å². The van der Waals surface area contributed by atoms with Gasteiger partial charge >= 0.3 is 0 Å². The molecular weight excluding hydrogens is 228 g/mol. The Balaban J connectivity index is 3.61. The molecule has 0 saturated heterocycles. The fraction of sp³-hybridized carbons (Fsp3) is 0.400. The molecule has 1 aromatic carbocycles. The Morgan fingerprint density at radius 2 is 1.94 bits per heavy atom. The van der Waals surface area contributed by atoms with E-state index >= 15 is 0 Å². The Labute approximate surface area is 95.7 Å². The summed E-state index contributed by atoms with van der Waals surface area (Å²) in [5.41, 5.74) is 7.26. The summed E-state index contributed by atoms with van der Waals surface area (Å²) in [5, 5.41) is 0. The normalized spacial score (nSPS) is 11.5. The van der Waals surface area contributed by atoms with Crippen LogP contribution in [0.2, 0.25) is 0 Å². The molecule has 0 aliphatic rings. The summed E-state index contributed by atoms with van der Waals surface area (Å²) in [7, 11) is -0.626. The average Bonchev–Trinajstić information content (AvgIpc) is 2.23. The van der Waals surface area contributed by atoms with E-state index in [1.54, 1.807) is 19.9 Å². The van der Waals surface area contributed by atoms with Gasteiger partial charge in [0.25, 0.3) is 0 Å². The van der Waals surface area contributed by atoms with Crippen LogP contribution in [0.25, 0.3) is 0 Å². The van der Waals surface area contributed by atoms with Crippen molar-refractivity contribution in [2.24, 2.45) is 0 Å². The van der Waals surface area contributed by atoms with Crippen molar-refractivity contribution in [2.75, 3.05) is 19.9 Å². The first-order valence-corrected chi connectivity index (χ1v) is 6.20. The average molecular weight is 244 g/mol. The van der Waals surface area contributed by atoms with Gasteiger partial charge in [0.05, 0.1) is 17.7 Å². The number of rotatable bonds is 3. The van der Waals surface area contributed by atoms with Crippen LogP contribution in [0.15, 0.2) is 11.0 Å². The molecular formula is C10H16N2O3S. The Hall–Kier alpha value is -1.27. The van der Waals surface area contributed by atoms with Crippen LogP contribution in [0.5, 0.6) is 5.75 Å². The Morgan fingerprint density at radius 1 is 1.38 bits per heavy atom. The maximum atomic E-state index is 11.8. The van der Waals surface area contributed by atoms with Gasteiger partial charge in [-0.15, -0.1) is 0 Å². The zero-order valence-corrected chi connectivity index (χ0v) is 10.6. The van der Waals surface area contributed by atoms with Gasteiger partial charge in [-0.3, -0.25) is 0 Å². The Morgan fingerprint density at radius 3 is 2.38 bits per heavy atom. The maximum absolute atomic E-state index is 11.8. The number of sulfonamides is 1. The van der Waals surface area contributed by atoms with E-state index in [1.807, 2.05) is 0 Å². The molecule has 0 spiro atoms. The summed E-state index contributed by atoms with van der Waals surface area (Å²) in [4.78, 5) is 0.216. The molecule has 0 aliphatic carbocycles. The van der Waals surface area contributed by atoms with E-state index in [9.17, 15) is 8.42 Å². The standard InChI is InChI=1S/C10H16N2O3S/c1-6-5-8(15-4)9(11)7(2)10(6)16(13,14)12-3/h5,12H,11H2,1-4H3. The van der Waals surface area contributed by atoms with Gasteiger partial charge in [0.2, 0.25) is 10.0 Å². The van der Waals surface area contributed by atoms with Crippen LogP contribution in [0, 0.1) is 13.8 Å². The van der Waals surface area contributed by atoms with Crippen LogP contribution < -0.4 is 15.2 Å². The molecule has 6 heteroatoms. The molecule has 0 heterocycles. The minimum absolute atomic E-state index is 0.216. The highest BCUT2D eigenvalue weighted by atomic mass is 32.2. The first kappa shape index (κ1) is 12.8. The lowest BCUT2D eigenvalue weighted by Crippen LogP contribution is -2.21. The second-order valence-electron chi connectivity index (χ2n) is 3.47. The third-order valence-corrected chi connectivity index (χ3v) is 4.18. The van der Waals surface area contributed by atoms with E-state index < -0.39 is 10.0 Å². The highest BCUT2D eigenvalue weighted by molar-refractivity contribution is 7.89. The number of nitrogens with two attached hydrogens (primary N) is 1. The maximum Gasteiger partial charge on any atom is 0.240 e. The van der Waals surface area contributed by atoms with Crippen LogP contribution in [0.1, 0.15) is 11.1 Å². The van der Waals surface area contributed by atoms with E-state index in [2.05, 4.69) is 4.72 Å². The van der Waals surface area contributed by atoms with Crippen LogP contribution in [0.3, 0.4) is 0 Å². The fourth-order valence-corrected chi connectivity index (χ4v) is 2.83. The summed E-state index contributed by atoms with van der Waals surface area (Å²) in [6, 6.07) is 1.62. The lowest BCUT2D eigenvalue weighted by molar-refractivity contribution is 0.416. The fourth-order valence-electron chi connectivity index (χ4n) is 1.63. The predicted octanol–water partition coefficient (Wildman–Crippen LogP) is 0.802. The van der Waals surface area contributed by atoms with Crippen molar-refractivity contribution in [2.45, 2.75) is 18.7 Å². The smallest absolute Gasteiger partial charge is 0.240 e. The van der Waals surface area contributed by atoms with Gasteiger partial charge in [0, 0.05) is 0 Å². The molecule has 0 aromatic heterocycles. The quantitative estimate of drug-likeness (QED) is 0.771. The van der Waals surface area contributed by atoms with Gasteiger partial charge in [0.1, 0.15) is 5.75 Å². The Kier molecular flexibility index (Phi) is 3.44. The van der Waals surface area contributed by atoms with Crippen molar-refractivity contribution in [1.29, 1.82) is 0 Å². The van der Waals surface area contributed by atoms with Gasteiger partial charge in [-0.2, -0.15) is 0 Å². The van der Waals surface area contributed by atoms with Gasteiger partial charge in [-0.1, -0.05) is 0 Å². The van der Waals surface area contributed by atoms with Gasteiger partial charge in [0.15, 0.2) is 0 Å². The van der Waals surface area contributed by atoms with Crippen molar-refractivity contribution in [1.82, 2.24) is 4.72 Å². The highest BCUT2D eigenvalue weighted by Gasteiger charge is 2.21. The molecule has 3 N–H and O–H groups in total. The van der Waals surface area contributed by atoms with Crippen molar-refractivity contribution in [3.8, 4) is 5.75 Å². The van der Waals surface area contributed by atoms with E-state index in [-0.39, 0.29) is 4.90 Å². The Bertz CT molecular complexity index is 509. The number of nitrogens with one attached hydrogen (secondary N) is 1. The second kappa shape index (κ2) is 4.31. The third kappa shape index (κ3) is 1.98. The topological polar surface area (TPSA) is 81.4 Å². The van der Waals surface area contributed by atoms with Crippen molar-refractivity contribution < 1.29 is 13.2 Å². The van der Waals surface area contributed by atoms with E-state index in [4.69, 9.17) is 10.5 Å². The number of hydrogen-bond acceptors (Lipinski definition) is 4. The molecule has 0 radical (unpaired) electrons. The molecule has 90 valence electrons. The number of aryl methyl sites for hydroxylation is 1. The van der Waals surface area contributed by atoms with Gasteiger partial charge in [-0.05, 0) is 38.1 Å². The minimum atomic E-state index is -3.49. The molecule has 1 aromatic rings. The van der Waals surface area contributed by atoms with Crippen molar-refractivity contribution in [3.63, 3.8) is 0 Å².